The van der Waals surface area contributed by atoms with Gasteiger partial charge < -0.3 is 5.32 Å². The predicted molar refractivity (Wildman–Crippen MR) is 47.5 cm³/mol. The number of carbonyl (C=O) groups excluding carboxylic acids is 1. The monoisotopic (exact) mass is 166 g/mol. The summed E-state index contributed by atoms with van der Waals surface area (Å²) in [4.78, 5) is 10.4. The van der Waals surface area contributed by atoms with Gasteiger partial charge in [-0.25, -0.2) is 0 Å². The van der Waals surface area contributed by atoms with E-state index in [-0.39, 0.29) is 6.04 Å². The lowest BCUT2D eigenvalue weighted by Gasteiger charge is -2.38. The first-order chi connectivity index (χ1) is 5.90. The molecule has 3 unspecified atom stereocenters. The molecule has 2 heteroatoms. The maximum absolute atomic E-state index is 10.4. The molecule has 0 spiro atoms. The van der Waals surface area contributed by atoms with Crippen molar-refractivity contribution in [1.82, 2.24) is 5.32 Å². The van der Waals surface area contributed by atoms with Crippen LogP contribution in [-0.2, 0) is 4.79 Å². The minimum atomic E-state index is 0.0318. The molecular weight excluding hydrogens is 150 g/mol. The highest BCUT2D eigenvalue weighted by atomic mass is 16.1. The van der Waals surface area contributed by atoms with Crippen LogP contribution < -0.4 is 5.32 Å². The van der Waals surface area contributed by atoms with E-state index in [1.807, 2.05) is 0 Å². The van der Waals surface area contributed by atoms with Crippen LogP contribution in [0.1, 0.15) is 32.1 Å². The number of rotatable bonds is 1. The zero-order valence-corrected chi connectivity index (χ0v) is 7.38. The summed E-state index contributed by atoms with van der Waals surface area (Å²) in [5.41, 5.74) is 0. The summed E-state index contributed by atoms with van der Waals surface area (Å²) in [5.74, 6) is 1.66. The molecule has 0 aromatic rings. The average molecular weight is 166 g/mol. The van der Waals surface area contributed by atoms with Gasteiger partial charge in [-0.3, -0.25) is 4.79 Å². The van der Waals surface area contributed by atoms with Gasteiger partial charge in [0.05, 0.1) is 6.04 Å². The van der Waals surface area contributed by atoms with Crippen molar-refractivity contribution in [2.45, 2.75) is 38.1 Å². The van der Waals surface area contributed by atoms with E-state index in [9.17, 15) is 4.79 Å². The maximum atomic E-state index is 10.4. The highest BCUT2D eigenvalue weighted by Gasteiger charge is 2.31. The summed E-state index contributed by atoms with van der Waals surface area (Å²) < 4.78 is 0. The van der Waals surface area contributed by atoms with Crippen LogP contribution in [0.3, 0.4) is 0 Å². The van der Waals surface area contributed by atoms with Crippen molar-refractivity contribution in [3.05, 3.63) is 0 Å². The van der Waals surface area contributed by atoms with E-state index in [0.29, 0.717) is 0 Å². The van der Waals surface area contributed by atoms with E-state index in [4.69, 9.17) is 0 Å². The standard InChI is InChI=1S/C10H16NO/c12-7-10-5-8-3-1-2-4-9(8)6-11-10/h8-11H,1-6H2. The first kappa shape index (κ1) is 8.24. The molecule has 0 aromatic carbocycles. The molecule has 1 N–H and O–H groups in total. The molecule has 2 nitrogen and oxygen atoms in total. The maximum Gasteiger partial charge on any atom is 0.216 e. The Labute approximate surface area is 73.7 Å². The number of fused-ring (bicyclic) bond motifs is 1. The molecule has 0 amide bonds. The van der Waals surface area contributed by atoms with E-state index in [1.165, 1.54) is 25.7 Å². The van der Waals surface area contributed by atoms with Gasteiger partial charge >= 0.3 is 0 Å². The lowest BCUT2D eigenvalue weighted by Crippen LogP contribution is -2.45. The number of nitrogens with one attached hydrogen (secondary N) is 1. The third-order valence-corrected chi connectivity index (χ3v) is 3.37. The molecule has 3 atom stereocenters. The zero-order chi connectivity index (χ0) is 8.39. The van der Waals surface area contributed by atoms with Crippen molar-refractivity contribution in [2.75, 3.05) is 6.54 Å². The van der Waals surface area contributed by atoms with Gasteiger partial charge in [-0.05, 0) is 31.2 Å². The van der Waals surface area contributed by atoms with Crippen LogP contribution >= 0.6 is 0 Å². The number of hydrogen-bond donors (Lipinski definition) is 1. The van der Waals surface area contributed by atoms with E-state index in [2.05, 4.69) is 11.6 Å². The SMILES string of the molecule is O=[C]C1CC2CCCCC2CN1. The van der Waals surface area contributed by atoms with Gasteiger partial charge in [0.15, 0.2) is 0 Å². The highest BCUT2D eigenvalue weighted by molar-refractivity contribution is 5.58. The van der Waals surface area contributed by atoms with E-state index in [0.717, 1.165) is 24.8 Å². The number of piperidine rings is 1. The molecule has 2 fully saturated rings. The van der Waals surface area contributed by atoms with E-state index in [1.54, 1.807) is 0 Å². The van der Waals surface area contributed by atoms with Gasteiger partial charge in [-0.2, -0.15) is 0 Å². The summed E-state index contributed by atoms with van der Waals surface area (Å²) >= 11 is 0. The molecule has 2 aliphatic rings. The summed E-state index contributed by atoms with van der Waals surface area (Å²) in [6, 6.07) is 0.0318. The van der Waals surface area contributed by atoms with Gasteiger partial charge in [0, 0.05) is 0 Å². The Kier molecular flexibility index (Phi) is 2.45. The fraction of sp³-hybridized carbons (Fsp3) is 0.900. The molecule has 12 heavy (non-hydrogen) atoms. The second kappa shape index (κ2) is 3.56. The minimum absolute atomic E-state index is 0.0318. The first-order valence-electron chi connectivity index (χ1n) is 5.01. The Morgan fingerprint density at radius 1 is 1.17 bits per heavy atom. The molecule has 0 bridgehead atoms. The van der Waals surface area contributed by atoms with Crippen molar-refractivity contribution < 1.29 is 4.79 Å². The molecule has 1 aliphatic heterocycles. The molecule has 1 heterocycles. The normalized spacial score (nSPS) is 41.8. The second-order valence-corrected chi connectivity index (χ2v) is 4.12. The van der Waals surface area contributed by atoms with Crippen LogP contribution in [0, 0.1) is 11.8 Å². The molecule has 2 rings (SSSR count). The van der Waals surface area contributed by atoms with Crippen molar-refractivity contribution >= 4 is 6.29 Å². The third kappa shape index (κ3) is 1.53. The molecule has 1 saturated heterocycles. The van der Waals surface area contributed by atoms with Crippen LogP contribution in [0.4, 0.5) is 0 Å². The minimum Gasteiger partial charge on any atom is -0.307 e. The molecular formula is C10H16NO. The smallest absolute Gasteiger partial charge is 0.216 e. The van der Waals surface area contributed by atoms with Gasteiger partial charge in [0.25, 0.3) is 0 Å². The first-order valence-corrected chi connectivity index (χ1v) is 5.01. The Morgan fingerprint density at radius 2 is 1.92 bits per heavy atom. The Hall–Kier alpha value is -0.370. The Morgan fingerprint density at radius 3 is 2.67 bits per heavy atom. The van der Waals surface area contributed by atoms with Crippen LogP contribution in [0.15, 0.2) is 0 Å². The molecule has 67 valence electrons. The van der Waals surface area contributed by atoms with E-state index < -0.39 is 0 Å². The lowest BCUT2D eigenvalue weighted by atomic mass is 9.74. The van der Waals surface area contributed by atoms with Gasteiger partial charge in [-0.15, -0.1) is 0 Å². The van der Waals surface area contributed by atoms with Crippen molar-refractivity contribution in [3.8, 4) is 0 Å². The predicted octanol–water partition coefficient (Wildman–Crippen LogP) is 1.26. The average Bonchev–Trinajstić information content (AvgIpc) is 2.17. The lowest BCUT2D eigenvalue weighted by molar-refractivity contribution is 0.171. The van der Waals surface area contributed by atoms with Crippen molar-refractivity contribution in [1.29, 1.82) is 0 Å². The quantitative estimate of drug-likeness (QED) is 0.635. The summed E-state index contributed by atoms with van der Waals surface area (Å²) in [5, 5.41) is 3.24. The third-order valence-electron chi connectivity index (χ3n) is 3.37. The largest absolute Gasteiger partial charge is 0.307 e. The van der Waals surface area contributed by atoms with Crippen LogP contribution in [-0.4, -0.2) is 18.9 Å². The summed E-state index contributed by atoms with van der Waals surface area (Å²) in [7, 11) is 0. The highest BCUT2D eigenvalue weighted by Crippen LogP contribution is 2.34. The topological polar surface area (TPSA) is 29.1 Å². The molecule has 0 aromatic heterocycles. The summed E-state index contributed by atoms with van der Waals surface area (Å²) in [6.45, 7) is 1.05. The van der Waals surface area contributed by atoms with Crippen molar-refractivity contribution in [3.63, 3.8) is 0 Å². The van der Waals surface area contributed by atoms with Gasteiger partial charge in [-0.1, -0.05) is 19.3 Å². The van der Waals surface area contributed by atoms with Crippen molar-refractivity contribution in [2.24, 2.45) is 11.8 Å². The second-order valence-electron chi connectivity index (χ2n) is 4.12. The molecule has 1 aliphatic carbocycles. The zero-order valence-electron chi connectivity index (χ0n) is 7.38. The van der Waals surface area contributed by atoms with Gasteiger partial charge in [0.1, 0.15) is 0 Å². The van der Waals surface area contributed by atoms with E-state index >= 15 is 0 Å². The fourth-order valence-electron chi connectivity index (χ4n) is 2.63. The Bertz CT molecular complexity index is 169. The van der Waals surface area contributed by atoms with Crippen LogP contribution in [0.2, 0.25) is 0 Å². The van der Waals surface area contributed by atoms with Gasteiger partial charge in [0.2, 0.25) is 6.29 Å². The Balaban J connectivity index is 1.93. The molecule has 1 saturated carbocycles. The summed E-state index contributed by atoms with van der Waals surface area (Å²) in [6.07, 6.45) is 8.57. The molecule has 1 radical (unpaired) electrons. The van der Waals surface area contributed by atoms with Crippen LogP contribution in [0.5, 0.6) is 0 Å². The van der Waals surface area contributed by atoms with Crippen LogP contribution in [0.25, 0.3) is 0 Å². The number of hydrogen-bond acceptors (Lipinski definition) is 2. The fourth-order valence-corrected chi connectivity index (χ4v) is 2.63.